The summed E-state index contributed by atoms with van der Waals surface area (Å²) in [6.45, 7) is 6.69. The normalized spacial score (nSPS) is 12.4. The van der Waals surface area contributed by atoms with E-state index in [1.807, 2.05) is 118 Å². The average Bonchev–Trinajstić information content (AvgIpc) is 3.30. The van der Waals surface area contributed by atoms with Crippen LogP contribution in [0.3, 0.4) is 0 Å². The van der Waals surface area contributed by atoms with Crippen LogP contribution in [-0.2, 0) is 24.6 Å². The molecule has 0 saturated carbocycles. The fourth-order valence-corrected chi connectivity index (χ4v) is 5.53. The Morgan fingerprint density at radius 2 is 1.39 bits per heavy atom. The van der Waals surface area contributed by atoms with Crippen molar-refractivity contribution >= 4 is 40.9 Å². The van der Waals surface area contributed by atoms with Crippen molar-refractivity contribution in [3.05, 3.63) is 150 Å². The van der Waals surface area contributed by atoms with Gasteiger partial charge in [0, 0.05) is 16.5 Å². The highest BCUT2D eigenvalue weighted by atomic mass is 35.5. The molecule has 0 unspecified atom stereocenters. The molecule has 44 heavy (non-hydrogen) atoms. The molecule has 0 amide bonds. The van der Waals surface area contributed by atoms with Gasteiger partial charge in [0.1, 0.15) is 17.9 Å². The van der Waals surface area contributed by atoms with Gasteiger partial charge < -0.3 is 9.47 Å². The molecule has 224 valence electrons. The SMILES string of the molecule is CC(C)(C)C(=O)/C=c1\s/c(=C/c2ccc(OCc3ccccc3)c(OCc3ccccc3)c2)c(=O)n1Cc1ccc(Cl)cc1. The quantitative estimate of drug-likeness (QED) is 0.168. The second-order valence-electron chi connectivity index (χ2n) is 11.5. The molecular weight excluding hydrogens is 590 g/mol. The van der Waals surface area contributed by atoms with E-state index in [2.05, 4.69) is 0 Å². The summed E-state index contributed by atoms with van der Waals surface area (Å²) in [5.41, 5.74) is 3.03. The molecule has 0 saturated heterocycles. The molecule has 1 aromatic heterocycles. The molecule has 0 aliphatic carbocycles. The number of benzene rings is 4. The van der Waals surface area contributed by atoms with Gasteiger partial charge in [-0.3, -0.25) is 14.2 Å². The van der Waals surface area contributed by atoms with Gasteiger partial charge in [0.15, 0.2) is 17.3 Å². The lowest BCUT2D eigenvalue weighted by atomic mass is 9.91. The average molecular weight is 624 g/mol. The van der Waals surface area contributed by atoms with Gasteiger partial charge in [0.05, 0.1) is 11.1 Å². The Hall–Kier alpha value is -4.39. The van der Waals surface area contributed by atoms with Crippen LogP contribution in [0.1, 0.15) is 43.0 Å². The van der Waals surface area contributed by atoms with Gasteiger partial charge in [-0.15, -0.1) is 11.3 Å². The maximum absolute atomic E-state index is 13.7. The first-order chi connectivity index (χ1) is 21.2. The molecule has 5 aromatic rings. The van der Waals surface area contributed by atoms with Crippen LogP contribution < -0.4 is 24.2 Å². The second kappa shape index (κ2) is 13.9. The minimum absolute atomic E-state index is 0.0494. The van der Waals surface area contributed by atoms with Crippen LogP contribution >= 0.6 is 22.9 Å². The highest BCUT2D eigenvalue weighted by molar-refractivity contribution is 7.07. The van der Waals surface area contributed by atoms with E-state index in [0.29, 0.717) is 45.5 Å². The minimum atomic E-state index is -0.574. The number of halogens is 1. The third-order valence-corrected chi connectivity index (χ3v) is 8.24. The third kappa shape index (κ3) is 8.16. The number of Topliss-reactive ketones (excluding diaryl/α,β-unsaturated/α-hetero) is 1. The van der Waals surface area contributed by atoms with Gasteiger partial charge in [-0.2, -0.15) is 0 Å². The summed E-state index contributed by atoms with van der Waals surface area (Å²) in [7, 11) is 0. The molecule has 0 spiro atoms. The number of carbonyl (C=O) groups excluding carboxylic acids is 1. The molecule has 5 rings (SSSR count). The van der Waals surface area contributed by atoms with Crippen molar-refractivity contribution in [3.63, 3.8) is 0 Å². The standard InChI is InChI=1S/C37H34ClNO4S/c1-37(2,3)34(40)22-35-39(23-26-14-17-30(38)18-15-26)36(41)33(44-35)21-29-16-19-31(42-24-27-10-6-4-7-11-27)32(20-29)43-25-28-12-8-5-9-13-28/h4-22H,23-25H2,1-3H3/b33-21+,35-22-. The lowest BCUT2D eigenvalue weighted by Crippen LogP contribution is -2.32. The Balaban J connectivity index is 1.53. The van der Waals surface area contributed by atoms with Crippen molar-refractivity contribution in [3.8, 4) is 11.5 Å². The van der Waals surface area contributed by atoms with Gasteiger partial charge in [-0.1, -0.05) is 111 Å². The summed E-state index contributed by atoms with van der Waals surface area (Å²) in [6, 6.07) is 32.9. The Labute approximate surface area is 266 Å². The van der Waals surface area contributed by atoms with Gasteiger partial charge in [-0.05, 0) is 52.6 Å². The van der Waals surface area contributed by atoms with E-state index in [4.69, 9.17) is 21.1 Å². The van der Waals surface area contributed by atoms with E-state index in [-0.39, 0.29) is 11.3 Å². The van der Waals surface area contributed by atoms with Gasteiger partial charge >= 0.3 is 0 Å². The number of aromatic nitrogens is 1. The molecule has 7 heteroatoms. The maximum Gasteiger partial charge on any atom is 0.269 e. The number of rotatable bonds is 10. The molecule has 0 aliphatic rings. The lowest BCUT2D eigenvalue weighted by molar-refractivity contribution is -0.120. The molecule has 5 nitrogen and oxygen atoms in total. The minimum Gasteiger partial charge on any atom is -0.485 e. The molecule has 0 radical (unpaired) electrons. The summed E-state index contributed by atoms with van der Waals surface area (Å²) in [5.74, 6) is 1.14. The van der Waals surface area contributed by atoms with Crippen molar-refractivity contribution < 1.29 is 14.3 Å². The fraction of sp³-hybridized carbons (Fsp3) is 0.189. The molecule has 4 aromatic carbocycles. The highest BCUT2D eigenvalue weighted by Gasteiger charge is 2.20. The first-order valence-corrected chi connectivity index (χ1v) is 15.5. The molecule has 0 N–H and O–H groups in total. The topological polar surface area (TPSA) is 57.5 Å². The molecule has 0 atom stereocenters. The molecule has 0 bridgehead atoms. The van der Waals surface area contributed by atoms with Crippen LogP contribution in [-0.4, -0.2) is 10.4 Å². The number of ether oxygens (including phenoxy) is 2. The number of nitrogens with zero attached hydrogens (tertiary/aromatic N) is 1. The number of ketones is 1. The van der Waals surface area contributed by atoms with Crippen LogP contribution in [0.5, 0.6) is 11.5 Å². The summed E-state index contributed by atoms with van der Waals surface area (Å²) in [5, 5.41) is 0.622. The summed E-state index contributed by atoms with van der Waals surface area (Å²) >= 11 is 7.38. The zero-order valence-corrected chi connectivity index (χ0v) is 26.5. The molecule has 0 aliphatic heterocycles. The number of hydrogen-bond acceptors (Lipinski definition) is 5. The smallest absolute Gasteiger partial charge is 0.269 e. The first-order valence-electron chi connectivity index (χ1n) is 14.4. The van der Waals surface area contributed by atoms with Crippen LogP contribution in [0.25, 0.3) is 12.2 Å². The Kier molecular flexibility index (Phi) is 9.83. The van der Waals surface area contributed by atoms with E-state index < -0.39 is 5.41 Å². The predicted molar refractivity (Wildman–Crippen MR) is 179 cm³/mol. The monoisotopic (exact) mass is 623 g/mol. The third-order valence-electron chi connectivity index (χ3n) is 6.92. The zero-order chi connectivity index (χ0) is 31.1. The van der Waals surface area contributed by atoms with E-state index in [9.17, 15) is 9.59 Å². The largest absolute Gasteiger partial charge is 0.485 e. The second-order valence-corrected chi connectivity index (χ2v) is 13.0. The van der Waals surface area contributed by atoms with E-state index in [1.54, 1.807) is 22.8 Å². The molecule has 0 fully saturated rings. The first kappa shape index (κ1) is 31.0. The Morgan fingerprint density at radius 3 is 1.98 bits per heavy atom. The van der Waals surface area contributed by atoms with Crippen molar-refractivity contribution in [1.29, 1.82) is 0 Å². The Morgan fingerprint density at radius 1 is 0.795 bits per heavy atom. The highest BCUT2D eigenvalue weighted by Crippen LogP contribution is 2.30. The number of thiazole rings is 1. The number of carbonyl (C=O) groups is 1. The Bertz CT molecular complexity index is 1910. The van der Waals surface area contributed by atoms with Crippen molar-refractivity contribution in [1.82, 2.24) is 4.57 Å². The number of hydrogen-bond donors (Lipinski definition) is 0. The van der Waals surface area contributed by atoms with Crippen LogP contribution in [0.4, 0.5) is 0 Å². The lowest BCUT2D eigenvalue weighted by Gasteiger charge is -2.14. The van der Waals surface area contributed by atoms with Crippen LogP contribution in [0, 0.1) is 5.41 Å². The van der Waals surface area contributed by atoms with E-state index in [1.165, 1.54) is 11.3 Å². The van der Waals surface area contributed by atoms with Gasteiger partial charge in [-0.25, -0.2) is 0 Å². The molecule has 1 heterocycles. The predicted octanol–water partition coefficient (Wildman–Crippen LogP) is 6.99. The summed E-state index contributed by atoms with van der Waals surface area (Å²) in [4.78, 5) is 26.7. The summed E-state index contributed by atoms with van der Waals surface area (Å²) in [6.07, 6.45) is 3.41. The van der Waals surface area contributed by atoms with Crippen molar-refractivity contribution in [2.75, 3.05) is 0 Å². The van der Waals surface area contributed by atoms with Gasteiger partial charge in [0.2, 0.25) is 0 Å². The maximum atomic E-state index is 13.7. The van der Waals surface area contributed by atoms with E-state index in [0.717, 1.165) is 22.3 Å². The van der Waals surface area contributed by atoms with Crippen molar-refractivity contribution in [2.24, 2.45) is 5.41 Å². The van der Waals surface area contributed by atoms with E-state index >= 15 is 0 Å². The van der Waals surface area contributed by atoms with Crippen LogP contribution in [0.2, 0.25) is 5.02 Å². The molecular formula is C37H34ClNO4S. The fourth-order valence-electron chi connectivity index (χ4n) is 4.36. The zero-order valence-electron chi connectivity index (χ0n) is 25.0. The van der Waals surface area contributed by atoms with Gasteiger partial charge in [0.25, 0.3) is 5.56 Å². The van der Waals surface area contributed by atoms with Crippen LogP contribution in [0.15, 0.2) is 108 Å². The van der Waals surface area contributed by atoms with Crippen molar-refractivity contribution in [2.45, 2.75) is 40.5 Å². The summed E-state index contributed by atoms with van der Waals surface area (Å²) < 4.78 is 15.2.